The summed E-state index contributed by atoms with van der Waals surface area (Å²) in [5.74, 6) is 0.405. The average Bonchev–Trinajstić information content (AvgIpc) is 2.80. The van der Waals surface area contributed by atoms with Gasteiger partial charge < -0.3 is 26.2 Å². The second-order valence-corrected chi connectivity index (χ2v) is 8.82. The SMILES string of the molecule is CCN(Cc1cc(O)cc(Cl)c1)C(=O)c1cccc(C[C@@H](C)NC[C@@H](O)c2ccc(N)nc2)c1. The third-order valence-electron chi connectivity index (χ3n) is 5.55. The lowest BCUT2D eigenvalue weighted by Crippen LogP contribution is -2.32. The molecule has 0 saturated carbocycles. The highest BCUT2D eigenvalue weighted by atomic mass is 35.5. The third-order valence-corrected chi connectivity index (χ3v) is 5.77. The number of hydrogen-bond donors (Lipinski definition) is 4. The lowest BCUT2D eigenvalue weighted by molar-refractivity contribution is 0.0752. The van der Waals surface area contributed by atoms with Gasteiger partial charge in [-0.15, -0.1) is 0 Å². The van der Waals surface area contributed by atoms with Crippen molar-refractivity contribution in [3.63, 3.8) is 0 Å². The van der Waals surface area contributed by atoms with Crippen molar-refractivity contribution in [2.24, 2.45) is 0 Å². The van der Waals surface area contributed by atoms with Crippen LogP contribution in [0.5, 0.6) is 5.75 Å². The van der Waals surface area contributed by atoms with E-state index in [0.717, 1.165) is 11.1 Å². The fourth-order valence-corrected chi connectivity index (χ4v) is 4.01. The van der Waals surface area contributed by atoms with Crippen LogP contribution in [0, 0.1) is 0 Å². The summed E-state index contributed by atoms with van der Waals surface area (Å²) in [6.07, 6.45) is 1.58. The predicted octanol–water partition coefficient (Wildman–Crippen LogP) is 3.94. The van der Waals surface area contributed by atoms with E-state index in [1.54, 1.807) is 41.4 Å². The molecule has 0 saturated heterocycles. The first-order valence-electron chi connectivity index (χ1n) is 11.2. The number of rotatable bonds is 10. The normalized spacial score (nSPS) is 12.8. The number of halogens is 1. The summed E-state index contributed by atoms with van der Waals surface area (Å²) in [6.45, 7) is 5.20. The van der Waals surface area contributed by atoms with E-state index in [4.69, 9.17) is 17.3 Å². The Kier molecular flexibility index (Phi) is 8.87. The Morgan fingerprint density at radius 1 is 1.18 bits per heavy atom. The molecule has 3 rings (SSSR count). The van der Waals surface area contributed by atoms with Gasteiger partial charge in [-0.1, -0.05) is 29.8 Å². The summed E-state index contributed by atoms with van der Waals surface area (Å²) in [5, 5.41) is 23.9. The molecule has 0 aliphatic heterocycles. The van der Waals surface area contributed by atoms with E-state index >= 15 is 0 Å². The van der Waals surface area contributed by atoms with Crippen LogP contribution in [-0.2, 0) is 13.0 Å². The minimum absolute atomic E-state index is 0.0762. The number of anilines is 1. The number of nitrogens with two attached hydrogens (primary N) is 1. The average molecular weight is 483 g/mol. The smallest absolute Gasteiger partial charge is 0.254 e. The van der Waals surface area contributed by atoms with E-state index < -0.39 is 6.10 Å². The zero-order valence-corrected chi connectivity index (χ0v) is 20.2. The first kappa shape index (κ1) is 25.5. The monoisotopic (exact) mass is 482 g/mol. The van der Waals surface area contributed by atoms with Crippen LogP contribution >= 0.6 is 11.6 Å². The highest BCUT2D eigenvalue weighted by Crippen LogP contribution is 2.22. The maximum atomic E-state index is 13.2. The Labute approximate surface area is 205 Å². The summed E-state index contributed by atoms with van der Waals surface area (Å²) in [4.78, 5) is 18.9. The van der Waals surface area contributed by atoms with Crippen molar-refractivity contribution in [3.05, 3.63) is 88.1 Å². The van der Waals surface area contributed by atoms with Gasteiger partial charge in [-0.25, -0.2) is 4.98 Å². The Morgan fingerprint density at radius 2 is 1.97 bits per heavy atom. The van der Waals surface area contributed by atoms with E-state index in [-0.39, 0.29) is 17.7 Å². The van der Waals surface area contributed by atoms with Gasteiger partial charge in [0.15, 0.2) is 0 Å². The van der Waals surface area contributed by atoms with Crippen molar-refractivity contribution in [2.45, 2.75) is 39.0 Å². The molecule has 7 nitrogen and oxygen atoms in total. The summed E-state index contributed by atoms with van der Waals surface area (Å²) in [5.41, 5.74) is 8.69. The number of aromatic hydroxyl groups is 1. The molecule has 0 unspecified atom stereocenters. The van der Waals surface area contributed by atoms with Crippen LogP contribution in [0.15, 0.2) is 60.8 Å². The number of aliphatic hydroxyl groups is 1. The van der Waals surface area contributed by atoms with Crippen molar-refractivity contribution < 1.29 is 15.0 Å². The highest BCUT2D eigenvalue weighted by molar-refractivity contribution is 6.30. The number of hydrogen-bond acceptors (Lipinski definition) is 6. The van der Waals surface area contributed by atoms with Crippen LogP contribution in [0.2, 0.25) is 5.02 Å². The molecule has 0 aliphatic rings. The van der Waals surface area contributed by atoms with E-state index in [2.05, 4.69) is 10.3 Å². The van der Waals surface area contributed by atoms with Gasteiger partial charge in [-0.3, -0.25) is 4.79 Å². The molecule has 0 radical (unpaired) electrons. The first-order valence-corrected chi connectivity index (χ1v) is 11.6. The van der Waals surface area contributed by atoms with Crippen LogP contribution in [0.1, 0.15) is 47.0 Å². The Bertz CT molecular complexity index is 1090. The Hall–Kier alpha value is -3.13. The third kappa shape index (κ3) is 7.18. The fraction of sp³-hybridized carbons (Fsp3) is 0.308. The number of phenols is 1. The van der Waals surface area contributed by atoms with E-state index in [1.807, 2.05) is 32.0 Å². The number of nitrogens with one attached hydrogen (secondary N) is 1. The fourth-order valence-electron chi connectivity index (χ4n) is 3.76. The number of pyridine rings is 1. The van der Waals surface area contributed by atoms with Crippen molar-refractivity contribution in [1.29, 1.82) is 0 Å². The summed E-state index contributed by atoms with van der Waals surface area (Å²) in [7, 11) is 0. The maximum Gasteiger partial charge on any atom is 0.254 e. The number of nitrogens with zero attached hydrogens (tertiary/aromatic N) is 2. The topological polar surface area (TPSA) is 112 Å². The van der Waals surface area contributed by atoms with Gasteiger partial charge >= 0.3 is 0 Å². The van der Waals surface area contributed by atoms with Crippen molar-refractivity contribution in [1.82, 2.24) is 15.2 Å². The number of nitrogen functional groups attached to an aromatic ring is 1. The lowest BCUT2D eigenvalue weighted by Gasteiger charge is -2.22. The second kappa shape index (κ2) is 11.8. The molecule has 0 aliphatic carbocycles. The second-order valence-electron chi connectivity index (χ2n) is 8.38. The molecule has 180 valence electrons. The minimum atomic E-state index is -0.687. The van der Waals surface area contributed by atoms with Gasteiger partial charge in [-0.2, -0.15) is 0 Å². The van der Waals surface area contributed by atoms with Gasteiger partial charge in [0.2, 0.25) is 0 Å². The number of aromatic nitrogens is 1. The summed E-state index contributed by atoms with van der Waals surface area (Å²) < 4.78 is 0. The zero-order chi connectivity index (χ0) is 24.7. The lowest BCUT2D eigenvalue weighted by atomic mass is 10.0. The number of phenolic OH excluding ortho intramolecular Hbond substituents is 1. The molecule has 34 heavy (non-hydrogen) atoms. The van der Waals surface area contributed by atoms with Gasteiger partial charge in [0, 0.05) is 48.0 Å². The molecule has 2 atom stereocenters. The summed E-state index contributed by atoms with van der Waals surface area (Å²) in [6, 6.07) is 15.9. The van der Waals surface area contributed by atoms with Crippen LogP contribution in [0.3, 0.4) is 0 Å². The van der Waals surface area contributed by atoms with Gasteiger partial charge in [-0.05, 0) is 67.8 Å². The van der Waals surface area contributed by atoms with Gasteiger partial charge in [0.25, 0.3) is 5.91 Å². The predicted molar refractivity (Wildman–Crippen MR) is 135 cm³/mol. The van der Waals surface area contributed by atoms with Crippen molar-refractivity contribution in [3.8, 4) is 5.75 Å². The Balaban J connectivity index is 1.60. The summed E-state index contributed by atoms with van der Waals surface area (Å²) >= 11 is 6.04. The minimum Gasteiger partial charge on any atom is -0.508 e. The number of benzene rings is 2. The van der Waals surface area contributed by atoms with Gasteiger partial charge in [0.1, 0.15) is 11.6 Å². The number of aliphatic hydroxyl groups excluding tert-OH is 1. The molecule has 0 bridgehead atoms. The standard InChI is InChI=1S/C26H31ClN4O3/c1-3-31(16-19-11-22(27)13-23(32)12-19)26(34)20-6-4-5-18(10-20)9-17(2)29-15-24(33)21-7-8-25(28)30-14-21/h4-8,10-14,17,24,29,32-33H,3,9,15-16H2,1-2H3,(H2,28,30)/t17-,24-/m1/s1. The number of amides is 1. The van der Waals surface area contributed by atoms with E-state index in [1.165, 1.54) is 6.07 Å². The van der Waals surface area contributed by atoms with Crippen LogP contribution in [-0.4, -0.2) is 45.1 Å². The van der Waals surface area contributed by atoms with E-state index in [9.17, 15) is 15.0 Å². The number of carbonyl (C=O) groups is 1. The van der Waals surface area contributed by atoms with Crippen molar-refractivity contribution in [2.75, 3.05) is 18.8 Å². The molecular formula is C26H31ClN4O3. The first-order chi connectivity index (χ1) is 16.2. The maximum absolute atomic E-state index is 13.2. The molecule has 1 amide bonds. The molecule has 8 heteroatoms. The van der Waals surface area contributed by atoms with Crippen LogP contribution in [0.4, 0.5) is 5.82 Å². The molecule has 5 N–H and O–H groups in total. The number of carbonyl (C=O) groups excluding carboxylic acids is 1. The van der Waals surface area contributed by atoms with E-state index in [0.29, 0.717) is 48.0 Å². The van der Waals surface area contributed by atoms with Crippen molar-refractivity contribution >= 4 is 23.3 Å². The van der Waals surface area contributed by atoms with Crippen LogP contribution < -0.4 is 11.1 Å². The molecule has 1 aromatic heterocycles. The molecule has 3 aromatic rings. The largest absolute Gasteiger partial charge is 0.508 e. The quantitative estimate of drug-likeness (QED) is 0.348. The molecule has 0 fully saturated rings. The molecule has 2 aromatic carbocycles. The highest BCUT2D eigenvalue weighted by Gasteiger charge is 2.17. The molecular weight excluding hydrogens is 452 g/mol. The zero-order valence-electron chi connectivity index (χ0n) is 19.4. The Morgan fingerprint density at radius 3 is 2.65 bits per heavy atom. The molecule has 0 spiro atoms. The van der Waals surface area contributed by atoms with Crippen LogP contribution in [0.25, 0.3) is 0 Å². The van der Waals surface area contributed by atoms with Gasteiger partial charge in [0.05, 0.1) is 6.10 Å². The molecule has 1 heterocycles.